The molecule has 0 aliphatic heterocycles. The van der Waals surface area contributed by atoms with Gasteiger partial charge in [-0.1, -0.05) is 12.8 Å². The van der Waals surface area contributed by atoms with Gasteiger partial charge in [-0.05, 0) is 43.2 Å². The van der Waals surface area contributed by atoms with E-state index in [1.807, 2.05) is 46.1 Å². The van der Waals surface area contributed by atoms with E-state index in [1.165, 1.54) is 12.8 Å². The second-order valence-corrected chi connectivity index (χ2v) is 6.88. The first kappa shape index (κ1) is 17.4. The molecule has 3 aromatic heterocycles. The molecule has 1 fully saturated rings. The number of aromatic nitrogens is 4. The van der Waals surface area contributed by atoms with Crippen molar-refractivity contribution in [1.82, 2.24) is 24.6 Å². The predicted octanol–water partition coefficient (Wildman–Crippen LogP) is 3.43. The summed E-state index contributed by atoms with van der Waals surface area (Å²) in [5.41, 5.74) is 2.62. The van der Waals surface area contributed by atoms with Crippen molar-refractivity contribution in [1.29, 1.82) is 0 Å². The first-order chi connectivity index (χ1) is 13.3. The summed E-state index contributed by atoms with van der Waals surface area (Å²) in [6.45, 7) is 1.32. The minimum atomic E-state index is 0.0662. The summed E-state index contributed by atoms with van der Waals surface area (Å²) in [5.74, 6) is 0.0662. The molecule has 1 saturated carbocycles. The molecule has 1 aliphatic rings. The second kappa shape index (κ2) is 8.12. The zero-order chi connectivity index (χ0) is 18.5. The van der Waals surface area contributed by atoms with Crippen LogP contribution in [-0.4, -0.2) is 43.1 Å². The van der Waals surface area contributed by atoms with Crippen LogP contribution in [0.3, 0.4) is 0 Å². The maximum atomic E-state index is 13.0. The van der Waals surface area contributed by atoms with Crippen LogP contribution in [0.25, 0.3) is 11.3 Å². The Morgan fingerprint density at radius 1 is 1.07 bits per heavy atom. The first-order valence-electron chi connectivity index (χ1n) is 9.46. The summed E-state index contributed by atoms with van der Waals surface area (Å²) in [6, 6.07) is 9.86. The molecule has 1 amide bonds. The fraction of sp³-hybridized carbons (Fsp3) is 0.333. The third-order valence-corrected chi connectivity index (χ3v) is 5.12. The van der Waals surface area contributed by atoms with Gasteiger partial charge in [-0.15, -0.1) is 0 Å². The number of amides is 1. The molecule has 0 unspecified atom stereocenters. The van der Waals surface area contributed by atoms with Gasteiger partial charge in [0.05, 0.1) is 17.8 Å². The monoisotopic (exact) mass is 361 g/mol. The Kier molecular flexibility index (Phi) is 5.23. The lowest BCUT2D eigenvalue weighted by Crippen LogP contribution is -2.41. The normalized spacial score (nSPS) is 14.4. The lowest BCUT2D eigenvalue weighted by molar-refractivity contribution is 0.0671. The molecule has 27 heavy (non-hydrogen) atoms. The molecule has 0 atom stereocenters. The lowest BCUT2D eigenvalue weighted by atomic mass is 10.1. The van der Waals surface area contributed by atoms with E-state index in [1.54, 1.807) is 24.8 Å². The van der Waals surface area contributed by atoms with Crippen LogP contribution in [0.15, 0.2) is 61.3 Å². The Morgan fingerprint density at radius 2 is 1.89 bits per heavy atom. The molecule has 1 aliphatic carbocycles. The largest absolute Gasteiger partial charge is 0.334 e. The van der Waals surface area contributed by atoms with Gasteiger partial charge < -0.3 is 4.90 Å². The smallest absolute Gasteiger partial charge is 0.255 e. The van der Waals surface area contributed by atoms with Crippen molar-refractivity contribution in [2.24, 2.45) is 0 Å². The Morgan fingerprint density at radius 3 is 2.63 bits per heavy atom. The quantitative estimate of drug-likeness (QED) is 0.675. The molecule has 4 rings (SSSR count). The summed E-state index contributed by atoms with van der Waals surface area (Å²) >= 11 is 0. The van der Waals surface area contributed by atoms with Crippen LogP contribution in [0.1, 0.15) is 36.0 Å². The molecule has 0 radical (unpaired) electrons. The van der Waals surface area contributed by atoms with Gasteiger partial charge in [0.2, 0.25) is 0 Å². The Balaban J connectivity index is 1.47. The number of hydrogen-bond acceptors (Lipinski definition) is 4. The summed E-state index contributed by atoms with van der Waals surface area (Å²) < 4.78 is 1.91. The fourth-order valence-corrected chi connectivity index (χ4v) is 3.69. The average Bonchev–Trinajstić information content (AvgIpc) is 3.42. The van der Waals surface area contributed by atoms with E-state index in [2.05, 4.69) is 15.1 Å². The third-order valence-electron chi connectivity index (χ3n) is 5.12. The topological polar surface area (TPSA) is 63.9 Å². The van der Waals surface area contributed by atoms with E-state index in [4.69, 9.17) is 0 Å². The van der Waals surface area contributed by atoms with Crippen molar-refractivity contribution in [3.05, 3.63) is 66.9 Å². The molecule has 6 nitrogen and oxygen atoms in total. The van der Waals surface area contributed by atoms with Gasteiger partial charge >= 0.3 is 0 Å². The van der Waals surface area contributed by atoms with Crippen LogP contribution in [0.5, 0.6) is 0 Å². The van der Waals surface area contributed by atoms with Gasteiger partial charge in [0.15, 0.2) is 0 Å². The van der Waals surface area contributed by atoms with Gasteiger partial charge in [-0.3, -0.25) is 19.4 Å². The average molecular weight is 361 g/mol. The van der Waals surface area contributed by atoms with Crippen LogP contribution in [0, 0.1) is 0 Å². The van der Waals surface area contributed by atoms with E-state index in [-0.39, 0.29) is 5.91 Å². The minimum absolute atomic E-state index is 0.0662. The molecular formula is C21H23N5O. The highest BCUT2D eigenvalue weighted by atomic mass is 16.2. The maximum Gasteiger partial charge on any atom is 0.255 e. The number of pyridine rings is 2. The molecule has 0 saturated heterocycles. The molecule has 0 spiro atoms. The Bertz CT molecular complexity index is 872. The maximum absolute atomic E-state index is 13.0. The zero-order valence-corrected chi connectivity index (χ0v) is 15.2. The van der Waals surface area contributed by atoms with E-state index < -0.39 is 0 Å². The number of rotatable bonds is 6. The van der Waals surface area contributed by atoms with E-state index in [0.29, 0.717) is 24.7 Å². The summed E-state index contributed by atoms with van der Waals surface area (Å²) in [5, 5.41) is 4.65. The van der Waals surface area contributed by atoms with E-state index in [9.17, 15) is 4.79 Å². The van der Waals surface area contributed by atoms with Crippen LogP contribution < -0.4 is 0 Å². The van der Waals surface area contributed by atoms with Crippen LogP contribution in [0.2, 0.25) is 0 Å². The fourth-order valence-electron chi connectivity index (χ4n) is 3.69. The standard InChI is InChI=1S/C21H23N5O/c27-21(18-4-3-10-23-16-18)26(19-5-1-2-6-19)15-14-25-13-9-20(24-25)17-7-11-22-12-8-17/h3-4,7-13,16,19H,1-2,5-6,14-15H2. The summed E-state index contributed by atoms with van der Waals surface area (Å²) in [7, 11) is 0. The van der Waals surface area contributed by atoms with Crippen LogP contribution in [0.4, 0.5) is 0 Å². The number of nitrogens with zero attached hydrogens (tertiary/aromatic N) is 5. The van der Waals surface area contributed by atoms with Crippen molar-refractivity contribution in [2.75, 3.05) is 6.54 Å². The molecular weight excluding hydrogens is 338 g/mol. The highest BCUT2D eigenvalue weighted by Gasteiger charge is 2.27. The van der Waals surface area contributed by atoms with E-state index >= 15 is 0 Å². The SMILES string of the molecule is O=C(c1cccnc1)N(CCn1ccc(-c2ccncc2)n1)C1CCCC1. The predicted molar refractivity (Wildman–Crippen MR) is 103 cm³/mol. The Labute approximate surface area is 158 Å². The molecule has 3 heterocycles. The van der Waals surface area contributed by atoms with Gasteiger partial charge in [0, 0.05) is 49.1 Å². The second-order valence-electron chi connectivity index (χ2n) is 6.88. The molecule has 0 bridgehead atoms. The lowest BCUT2D eigenvalue weighted by Gasteiger charge is -2.29. The minimum Gasteiger partial charge on any atom is -0.334 e. The third kappa shape index (κ3) is 4.05. The zero-order valence-electron chi connectivity index (χ0n) is 15.2. The summed E-state index contributed by atoms with van der Waals surface area (Å²) in [4.78, 5) is 23.2. The highest BCUT2D eigenvalue weighted by molar-refractivity contribution is 5.94. The van der Waals surface area contributed by atoms with Crippen molar-refractivity contribution >= 4 is 5.91 Å². The van der Waals surface area contributed by atoms with Gasteiger partial charge in [0.25, 0.3) is 5.91 Å². The van der Waals surface area contributed by atoms with Crippen LogP contribution >= 0.6 is 0 Å². The molecule has 0 aromatic carbocycles. The Hall–Kier alpha value is -3.02. The highest BCUT2D eigenvalue weighted by Crippen LogP contribution is 2.25. The van der Waals surface area contributed by atoms with Crippen molar-refractivity contribution in [3.8, 4) is 11.3 Å². The molecule has 138 valence electrons. The van der Waals surface area contributed by atoms with Crippen molar-refractivity contribution < 1.29 is 4.79 Å². The summed E-state index contributed by atoms with van der Waals surface area (Å²) in [6.07, 6.45) is 13.4. The molecule has 0 N–H and O–H groups in total. The van der Waals surface area contributed by atoms with Crippen molar-refractivity contribution in [2.45, 2.75) is 38.3 Å². The van der Waals surface area contributed by atoms with Gasteiger partial charge in [-0.2, -0.15) is 5.10 Å². The van der Waals surface area contributed by atoms with E-state index in [0.717, 1.165) is 24.1 Å². The van der Waals surface area contributed by atoms with Gasteiger partial charge in [-0.25, -0.2) is 0 Å². The van der Waals surface area contributed by atoms with Crippen LogP contribution in [-0.2, 0) is 6.54 Å². The first-order valence-corrected chi connectivity index (χ1v) is 9.46. The number of hydrogen-bond donors (Lipinski definition) is 0. The molecule has 3 aromatic rings. The van der Waals surface area contributed by atoms with Crippen molar-refractivity contribution in [3.63, 3.8) is 0 Å². The number of carbonyl (C=O) groups is 1. The van der Waals surface area contributed by atoms with Gasteiger partial charge in [0.1, 0.15) is 0 Å². The number of carbonyl (C=O) groups excluding carboxylic acids is 1. The molecule has 6 heteroatoms.